The lowest BCUT2D eigenvalue weighted by Crippen LogP contribution is -2.55. The SMILES string of the molecule is COC[C@H]1C[C@@H](c2nc3ccc4cc5c(cc4c3[nH]2)OCc2cc(-c3cnc([C@@H]4CC[C@H](C)N4C(=O)[C@@H](NC(=O)O)C4C[C@@H](C)O[C@H](C)C4)[nH]3)ccc2-5)N(C(=O)[C@@H](NC(=O)OC)C2C[C@@H](C)O[C@H](C)C2)C1. The van der Waals surface area contributed by atoms with Gasteiger partial charge in [-0.15, -0.1) is 0 Å². The van der Waals surface area contributed by atoms with Crippen LogP contribution in [0.1, 0.15) is 109 Å². The number of carbonyl (C=O) groups excluding carboxylic acids is 3. The lowest BCUT2D eigenvalue weighted by atomic mass is 9.85. The Balaban J connectivity index is 0.900. The Labute approximate surface area is 412 Å². The minimum Gasteiger partial charge on any atom is -0.488 e. The van der Waals surface area contributed by atoms with Crippen LogP contribution in [0.5, 0.6) is 5.75 Å². The van der Waals surface area contributed by atoms with Crippen molar-refractivity contribution < 1.29 is 48.0 Å². The fourth-order valence-electron chi connectivity index (χ4n) is 12.6. The zero-order valence-electron chi connectivity index (χ0n) is 41.5. The summed E-state index contributed by atoms with van der Waals surface area (Å²) < 4.78 is 29.0. The fraction of sp³-hybridized carbons (Fsp3) is 0.547. The number of carboxylic acid groups (broad SMARTS) is 1. The summed E-state index contributed by atoms with van der Waals surface area (Å²) in [6.45, 7) is 11.2. The van der Waals surface area contributed by atoms with Gasteiger partial charge in [-0.1, -0.05) is 18.2 Å². The first-order valence-corrected chi connectivity index (χ1v) is 25.2. The summed E-state index contributed by atoms with van der Waals surface area (Å²) >= 11 is 0. The van der Waals surface area contributed by atoms with E-state index in [0.29, 0.717) is 69.9 Å². The Morgan fingerprint density at radius 2 is 1.51 bits per heavy atom. The third kappa shape index (κ3) is 9.53. The number of hydrogen-bond donors (Lipinski definition) is 5. The smallest absolute Gasteiger partial charge is 0.407 e. The maximum atomic E-state index is 14.7. The molecule has 10 rings (SSSR count). The van der Waals surface area contributed by atoms with Crippen LogP contribution in [-0.4, -0.2) is 129 Å². The predicted octanol–water partition coefficient (Wildman–Crippen LogP) is 8.02. The second-order valence-corrected chi connectivity index (χ2v) is 20.8. The van der Waals surface area contributed by atoms with Gasteiger partial charge in [-0.25, -0.2) is 19.6 Å². The number of rotatable bonds is 11. The van der Waals surface area contributed by atoms with Crippen molar-refractivity contribution in [3.05, 3.63) is 65.9 Å². The van der Waals surface area contributed by atoms with Gasteiger partial charge in [0, 0.05) is 36.6 Å². The number of amides is 4. The summed E-state index contributed by atoms with van der Waals surface area (Å²) in [6, 6.07) is 12.1. The first-order chi connectivity index (χ1) is 34.2. The van der Waals surface area contributed by atoms with Crippen LogP contribution in [-0.2, 0) is 35.1 Å². The molecular weight excluding hydrogens is 909 g/mol. The molecule has 378 valence electrons. The van der Waals surface area contributed by atoms with E-state index in [0.717, 1.165) is 61.9 Å². The first-order valence-electron chi connectivity index (χ1n) is 25.2. The van der Waals surface area contributed by atoms with E-state index in [1.54, 1.807) is 13.3 Å². The summed E-state index contributed by atoms with van der Waals surface area (Å²) in [6.07, 6.45) is 4.22. The molecule has 2 aromatic heterocycles. The van der Waals surface area contributed by atoms with Crippen LogP contribution in [0.3, 0.4) is 0 Å². The Bertz CT molecular complexity index is 2810. The first kappa shape index (κ1) is 48.4. The largest absolute Gasteiger partial charge is 0.488 e. The quantitative estimate of drug-likeness (QED) is 0.0849. The van der Waals surface area contributed by atoms with Gasteiger partial charge in [0.25, 0.3) is 0 Å². The second-order valence-electron chi connectivity index (χ2n) is 20.8. The van der Waals surface area contributed by atoms with E-state index in [1.165, 1.54) is 7.11 Å². The minimum atomic E-state index is -1.22. The molecule has 5 aromatic rings. The Morgan fingerprint density at radius 3 is 2.18 bits per heavy atom. The van der Waals surface area contributed by atoms with Gasteiger partial charge in [-0.2, -0.15) is 0 Å². The molecule has 71 heavy (non-hydrogen) atoms. The minimum absolute atomic E-state index is 0.0592. The van der Waals surface area contributed by atoms with Crippen molar-refractivity contribution in [2.75, 3.05) is 27.4 Å². The molecule has 0 bridgehead atoms. The molecule has 7 heterocycles. The average Bonchev–Trinajstić information content (AvgIpc) is 4.17. The fourth-order valence-corrected chi connectivity index (χ4v) is 12.6. The number of likely N-dealkylation sites (tertiary alicyclic amines) is 2. The molecular formula is C53H66N8O10. The lowest BCUT2D eigenvalue weighted by Gasteiger charge is -2.39. The van der Waals surface area contributed by atoms with Crippen molar-refractivity contribution in [2.24, 2.45) is 17.8 Å². The monoisotopic (exact) mass is 974 g/mol. The van der Waals surface area contributed by atoms with Crippen molar-refractivity contribution in [1.29, 1.82) is 0 Å². The highest BCUT2D eigenvalue weighted by molar-refractivity contribution is 6.07. The molecule has 5 aliphatic rings. The zero-order chi connectivity index (χ0) is 49.8. The van der Waals surface area contributed by atoms with Gasteiger partial charge in [-0.3, -0.25) is 9.59 Å². The standard InChI is InChI=1S/C53H66N8O10/c1-26-8-13-42(61(26)51(63)46(58-52(64)65)35-16-29(4)71-30(5)17-35)48-54-22-41(56-48)33-9-11-37-36(19-33)25-69-44-21-38-32(20-39(37)44)10-12-40-47(38)57-49(55-40)43-18-31(24-67-6)23-60(43)50(62)45(59-53(66)68-7)34-14-27(2)70-28(3)15-34/h9-12,19-22,26-31,34-35,42-43,45-46,58H,8,13-18,23-25H2,1-7H3,(H,54,56)(H,55,57)(H,59,66)(H,64,65)/t26-,27+,28+,29+,30+,31-,42-,43-,45-,46-/m0/s1. The number of ether oxygens (including phenoxy) is 5. The number of imidazole rings is 2. The molecule has 0 radical (unpaired) electrons. The summed E-state index contributed by atoms with van der Waals surface area (Å²) in [7, 11) is 2.97. The molecule has 3 aromatic carbocycles. The normalized spacial score (nSPS) is 28.2. The molecule has 10 atom stereocenters. The van der Waals surface area contributed by atoms with Crippen molar-refractivity contribution in [3.63, 3.8) is 0 Å². The van der Waals surface area contributed by atoms with Crippen LogP contribution < -0.4 is 15.4 Å². The Hall–Kier alpha value is -6.24. The Morgan fingerprint density at radius 1 is 0.803 bits per heavy atom. The highest BCUT2D eigenvalue weighted by Gasteiger charge is 2.46. The lowest BCUT2D eigenvalue weighted by molar-refractivity contribution is -0.140. The topological polar surface area (TPSA) is 223 Å². The number of fused-ring (bicyclic) bond motifs is 6. The molecule has 4 saturated heterocycles. The highest BCUT2D eigenvalue weighted by Crippen LogP contribution is 2.45. The van der Waals surface area contributed by atoms with Crippen LogP contribution in [0, 0.1) is 17.8 Å². The highest BCUT2D eigenvalue weighted by atomic mass is 16.5. The van der Waals surface area contributed by atoms with Crippen molar-refractivity contribution in [2.45, 2.75) is 141 Å². The number of nitrogens with one attached hydrogen (secondary N) is 4. The maximum absolute atomic E-state index is 14.7. The van der Waals surface area contributed by atoms with Gasteiger partial charge in [-0.05, 0) is 138 Å². The maximum Gasteiger partial charge on any atom is 0.407 e. The third-order valence-corrected chi connectivity index (χ3v) is 15.6. The molecule has 0 unspecified atom stereocenters. The van der Waals surface area contributed by atoms with Gasteiger partial charge < -0.3 is 59.2 Å². The molecule has 0 spiro atoms. The van der Waals surface area contributed by atoms with E-state index in [2.05, 4.69) is 57.0 Å². The second kappa shape index (κ2) is 19.8. The van der Waals surface area contributed by atoms with Gasteiger partial charge in [0.05, 0.1) is 73.1 Å². The molecule has 18 heteroatoms. The van der Waals surface area contributed by atoms with Gasteiger partial charge in [0.15, 0.2) is 0 Å². The number of methoxy groups -OCH3 is 2. The Kier molecular flexibility index (Phi) is 13.5. The zero-order valence-corrected chi connectivity index (χ0v) is 41.5. The predicted molar refractivity (Wildman–Crippen MR) is 263 cm³/mol. The number of H-pyrrole nitrogens is 2. The van der Waals surface area contributed by atoms with E-state index in [1.807, 2.05) is 50.5 Å². The molecule has 5 N–H and O–H groups in total. The van der Waals surface area contributed by atoms with Crippen molar-refractivity contribution >= 4 is 45.8 Å². The number of carbonyl (C=O) groups is 4. The van der Waals surface area contributed by atoms with Crippen LogP contribution in [0.15, 0.2) is 48.7 Å². The van der Waals surface area contributed by atoms with Crippen LogP contribution >= 0.6 is 0 Å². The van der Waals surface area contributed by atoms with E-state index in [9.17, 15) is 24.3 Å². The molecule has 5 aliphatic heterocycles. The number of hydrogen-bond acceptors (Lipinski definition) is 11. The number of alkyl carbamates (subject to hydrolysis) is 1. The average molecular weight is 975 g/mol. The van der Waals surface area contributed by atoms with Crippen molar-refractivity contribution in [3.8, 4) is 28.1 Å². The van der Waals surface area contributed by atoms with E-state index in [-0.39, 0.29) is 72.1 Å². The molecule has 4 amide bonds. The van der Waals surface area contributed by atoms with Gasteiger partial charge >= 0.3 is 12.2 Å². The van der Waals surface area contributed by atoms with Crippen molar-refractivity contribution in [1.82, 2.24) is 40.4 Å². The molecule has 4 fully saturated rings. The molecule has 0 aliphatic carbocycles. The number of nitrogens with zero attached hydrogens (tertiary/aromatic N) is 4. The third-order valence-electron chi connectivity index (χ3n) is 15.6. The van der Waals surface area contributed by atoms with Gasteiger partial charge in [0.2, 0.25) is 11.8 Å². The molecule has 18 nitrogen and oxygen atoms in total. The van der Waals surface area contributed by atoms with E-state index in [4.69, 9.17) is 33.7 Å². The summed E-state index contributed by atoms with van der Waals surface area (Å²) in [5, 5.41) is 17.2. The number of aromatic amines is 2. The van der Waals surface area contributed by atoms with Crippen LogP contribution in [0.2, 0.25) is 0 Å². The van der Waals surface area contributed by atoms with E-state index >= 15 is 0 Å². The summed E-state index contributed by atoms with van der Waals surface area (Å²) in [4.78, 5) is 74.6. The number of aromatic nitrogens is 4. The summed E-state index contributed by atoms with van der Waals surface area (Å²) in [5.74, 6) is 1.43. The van der Waals surface area contributed by atoms with E-state index < -0.39 is 24.3 Å². The number of benzene rings is 3. The van der Waals surface area contributed by atoms with Crippen LogP contribution in [0.25, 0.3) is 44.2 Å². The van der Waals surface area contributed by atoms with Gasteiger partial charge in [0.1, 0.15) is 36.1 Å². The molecule has 0 saturated carbocycles. The van der Waals surface area contributed by atoms with Crippen LogP contribution in [0.4, 0.5) is 9.59 Å². The summed E-state index contributed by atoms with van der Waals surface area (Å²) in [5.41, 5.74) is 6.40.